The monoisotopic (exact) mass is 324 g/mol. The van der Waals surface area contributed by atoms with Crippen LogP contribution in [0.1, 0.15) is 30.9 Å². The Hall–Kier alpha value is -1.10. The first-order valence-electron chi connectivity index (χ1n) is 7.73. The lowest BCUT2D eigenvalue weighted by molar-refractivity contribution is -0.118. The van der Waals surface area contributed by atoms with Crippen LogP contribution < -0.4 is 5.32 Å². The van der Waals surface area contributed by atoms with E-state index < -0.39 is 0 Å². The molecule has 1 amide bonds. The number of benzene rings is 1. The highest BCUT2D eigenvalue weighted by Gasteiger charge is 2.31. The number of anilines is 1. The molecule has 2 N–H and O–H groups in total. The average Bonchev–Trinajstić information content (AvgIpc) is 2.43. The first kappa shape index (κ1) is 17.3. The lowest BCUT2D eigenvalue weighted by Gasteiger charge is -2.38. The summed E-state index contributed by atoms with van der Waals surface area (Å²) in [5.41, 5.74) is 2.64. The molecule has 4 nitrogen and oxygen atoms in total. The summed E-state index contributed by atoms with van der Waals surface area (Å²) in [5, 5.41) is 13.0. The van der Waals surface area contributed by atoms with E-state index in [0.717, 1.165) is 37.1 Å². The minimum absolute atomic E-state index is 0.0592. The van der Waals surface area contributed by atoms with Crippen molar-refractivity contribution in [3.8, 4) is 0 Å². The van der Waals surface area contributed by atoms with Crippen LogP contribution in [0.3, 0.4) is 0 Å². The Bertz CT molecular complexity index is 539. The van der Waals surface area contributed by atoms with Crippen molar-refractivity contribution in [2.45, 2.75) is 33.6 Å². The van der Waals surface area contributed by atoms with Gasteiger partial charge in [-0.1, -0.05) is 24.6 Å². The topological polar surface area (TPSA) is 52.6 Å². The summed E-state index contributed by atoms with van der Waals surface area (Å²) in [7, 11) is 0. The van der Waals surface area contributed by atoms with Gasteiger partial charge in [0.15, 0.2) is 0 Å². The third-order valence-corrected chi connectivity index (χ3v) is 4.60. The van der Waals surface area contributed by atoms with Gasteiger partial charge in [0.05, 0.1) is 17.3 Å². The van der Waals surface area contributed by atoms with E-state index in [1.807, 2.05) is 26.0 Å². The molecule has 0 aromatic heterocycles. The number of aliphatic hydroxyl groups is 1. The highest BCUT2D eigenvalue weighted by molar-refractivity contribution is 6.34. The van der Waals surface area contributed by atoms with Crippen molar-refractivity contribution in [2.75, 3.05) is 31.6 Å². The van der Waals surface area contributed by atoms with Gasteiger partial charge in [0.1, 0.15) is 0 Å². The Morgan fingerprint density at radius 1 is 1.45 bits per heavy atom. The highest BCUT2D eigenvalue weighted by Crippen LogP contribution is 2.29. The third kappa shape index (κ3) is 4.22. The van der Waals surface area contributed by atoms with Crippen molar-refractivity contribution >= 4 is 23.2 Å². The number of amides is 1. The van der Waals surface area contributed by atoms with E-state index >= 15 is 0 Å². The molecule has 1 aromatic rings. The standard InChI is InChI=1S/C17H25ClN2O2/c1-12-7-13(2)16(14(18)8-12)19-15(22)9-20-6-4-5-17(3,10-20)11-21/h7-8,21H,4-6,9-11H2,1-3H3,(H,19,22). The molecule has 1 fully saturated rings. The molecular weight excluding hydrogens is 300 g/mol. The molecule has 0 spiro atoms. The number of rotatable bonds is 4. The van der Waals surface area contributed by atoms with Crippen LogP contribution in [-0.2, 0) is 4.79 Å². The molecule has 1 atom stereocenters. The second kappa shape index (κ2) is 6.99. The van der Waals surface area contributed by atoms with Gasteiger partial charge < -0.3 is 10.4 Å². The van der Waals surface area contributed by atoms with E-state index in [0.29, 0.717) is 17.3 Å². The number of piperidine rings is 1. The number of carbonyl (C=O) groups excluding carboxylic acids is 1. The normalized spacial score (nSPS) is 22.6. The van der Waals surface area contributed by atoms with Crippen molar-refractivity contribution in [3.05, 3.63) is 28.3 Å². The molecule has 2 rings (SSSR count). The lowest BCUT2D eigenvalue weighted by Crippen LogP contribution is -2.46. The van der Waals surface area contributed by atoms with Gasteiger partial charge >= 0.3 is 0 Å². The Balaban J connectivity index is 1.99. The van der Waals surface area contributed by atoms with Gasteiger partial charge in [-0.2, -0.15) is 0 Å². The fraction of sp³-hybridized carbons (Fsp3) is 0.588. The van der Waals surface area contributed by atoms with E-state index in [1.165, 1.54) is 0 Å². The second-order valence-electron chi connectivity index (χ2n) is 6.77. The minimum Gasteiger partial charge on any atom is -0.396 e. The first-order chi connectivity index (χ1) is 10.3. The largest absolute Gasteiger partial charge is 0.396 e. The molecule has 0 aliphatic carbocycles. The summed E-state index contributed by atoms with van der Waals surface area (Å²) < 4.78 is 0. The number of likely N-dealkylation sites (tertiary alicyclic amines) is 1. The Morgan fingerprint density at radius 3 is 2.82 bits per heavy atom. The van der Waals surface area contributed by atoms with Crippen LogP contribution in [0.5, 0.6) is 0 Å². The number of nitrogens with one attached hydrogen (secondary N) is 1. The van der Waals surface area contributed by atoms with Gasteiger partial charge in [0.25, 0.3) is 0 Å². The minimum atomic E-state index is -0.101. The molecule has 22 heavy (non-hydrogen) atoms. The van der Waals surface area contributed by atoms with Crippen molar-refractivity contribution in [1.29, 1.82) is 0 Å². The van der Waals surface area contributed by atoms with Gasteiger partial charge in [-0.15, -0.1) is 0 Å². The predicted molar refractivity (Wildman–Crippen MR) is 90.4 cm³/mol. The Labute approximate surface area is 137 Å². The number of halogens is 1. The van der Waals surface area contributed by atoms with Crippen LogP contribution in [0.15, 0.2) is 12.1 Å². The smallest absolute Gasteiger partial charge is 0.238 e. The molecule has 1 aliphatic rings. The summed E-state index contributed by atoms with van der Waals surface area (Å²) in [4.78, 5) is 14.4. The summed E-state index contributed by atoms with van der Waals surface area (Å²) >= 11 is 6.23. The van der Waals surface area contributed by atoms with Crippen molar-refractivity contribution in [3.63, 3.8) is 0 Å². The number of hydrogen-bond donors (Lipinski definition) is 2. The van der Waals surface area contributed by atoms with Gasteiger partial charge in [-0.3, -0.25) is 9.69 Å². The van der Waals surface area contributed by atoms with E-state index in [1.54, 1.807) is 0 Å². The molecule has 1 aromatic carbocycles. The van der Waals surface area contributed by atoms with Crippen molar-refractivity contribution in [1.82, 2.24) is 4.90 Å². The van der Waals surface area contributed by atoms with Crippen molar-refractivity contribution in [2.24, 2.45) is 5.41 Å². The molecule has 0 bridgehead atoms. The van der Waals surface area contributed by atoms with Crippen LogP contribution in [0.2, 0.25) is 5.02 Å². The molecule has 0 saturated carbocycles. The summed E-state index contributed by atoms with van der Waals surface area (Å²) in [6.07, 6.45) is 2.01. The van der Waals surface area contributed by atoms with E-state index in [2.05, 4.69) is 17.1 Å². The number of carbonyl (C=O) groups is 1. The molecule has 0 radical (unpaired) electrons. The van der Waals surface area contributed by atoms with E-state index in [9.17, 15) is 9.90 Å². The number of aryl methyl sites for hydroxylation is 2. The fourth-order valence-electron chi connectivity index (χ4n) is 3.15. The second-order valence-corrected chi connectivity index (χ2v) is 7.18. The fourth-order valence-corrected chi connectivity index (χ4v) is 3.52. The zero-order valence-electron chi connectivity index (χ0n) is 13.6. The third-order valence-electron chi connectivity index (χ3n) is 4.31. The van der Waals surface area contributed by atoms with Crippen LogP contribution in [0.4, 0.5) is 5.69 Å². The number of aliphatic hydroxyl groups excluding tert-OH is 1. The Morgan fingerprint density at radius 2 is 2.18 bits per heavy atom. The van der Waals surface area contributed by atoms with Crippen LogP contribution >= 0.6 is 11.6 Å². The van der Waals surface area contributed by atoms with Crippen LogP contribution in [0, 0.1) is 19.3 Å². The van der Waals surface area contributed by atoms with Gasteiger partial charge in [-0.25, -0.2) is 0 Å². The van der Waals surface area contributed by atoms with Gasteiger partial charge in [-0.05, 0) is 50.4 Å². The zero-order chi connectivity index (χ0) is 16.3. The van der Waals surface area contributed by atoms with Gasteiger partial charge in [0.2, 0.25) is 5.91 Å². The highest BCUT2D eigenvalue weighted by atomic mass is 35.5. The average molecular weight is 325 g/mol. The SMILES string of the molecule is Cc1cc(C)c(NC(=O)CN2CCCC(C)(CO)C2)c(Cl)c1. The lowest BCUT2D eigenvalue weighted by atomic mass is 9.83. The van der Waals surface area contributed by atoms with Crippen LogP contribution in [-0.4, -0.2) is 42.2 Å². The van der Waals surface area contributed by atoms with E-state index in [4.69, 9.17) is 11.6 Å². The molecule has 122 valence electrons. The first-order valence-corrected chi connectivity index (χ1v) is 8.10. The molecular formula is C17H25ClN2O2. The summed E-state index contributed by atoms with van der Waals surface area (Å²) in [5.74, 6) is -0.0592. The molecule has 1 saturated heterocycles. The number of hydrogen-bond acceptors (Lipinski definition) is 3. The molecule has 1 aliphatic heterocycles. The Kier molecular flexibility index (Phi) is 5.48. The summed E-state index contributed by atoms with van der Waals surface area (Å²) in [6.45, 7) is 8.12. The molecule has 5 heteroatoms. The van der Waals surface area contributed by atoms with Gasteiger partial charge in [0, 0.05) is 18.6 Å². The maximum atomic E-state index is 12.3. The number of nitrogens with zero attached hydrogens (tertiary/aromatic N) is 1. The maximum Gasteiger partial charge on any atom is 0.238 e. The quantitative estimate of drug-likeness (QED) is 0.895. The molecule has 1 heterocycles. The van der Waals surface area contributed by atoms with E-state index in [-0.39, 0.29) is 17.9 Å². The molecule has 1 unspecified atom stereocenters. The van der Waals surface area contributed by atoms with Crippen molar-refractivity contribution < 1.29 is 9.90 Å². The maximum absolute atomic E-state index is 12.3. The zero-order valence-corrected chi connectivity index (χ0v) is 14.3. The predicted octanol–water partition coefficient (Wildman–Crippen LogP) is 2.99. The van der Waals surface area contributed by atoms with Crippen LogP contribution in [0.25, 0.3) is 0 Å². The summed E-state index contributed by atoms with van der Waals surface area (Å²) in [6, 6.07) is 3.86.